The van der Waals surface area contributed by atoms with Crippen molar-refractivity contribution in [2.45, 2.75) is 19.4 Å². The molecule has 1 unspecified atom stereocenters. The summed E-state index contributed by atoms with van der Waals surface area (Å²) < 4.78 is 0. The van der Waals surface area contributed by atoms with Crippen LogP contribution in [0.5, 0.6) is 0 Å². The van der Waals surface area contributed by atoms with E-state index in [0.29, 0.717) is 18.8 Å². The Bertz CT molecular complexity index is 966. The first-order valence-corrected chi connectivity index (χ1v) is 8.71. The molecule has 7 heteroatoms. The molecule has 0 fully saturated rings. The molecule has 1 atom stereocenters. The predicted molar refractivity (Wildman–Crippen MR) is 101 cm³/mol. The van der Waals surface area contributed by atoms with E-state index in [1.54, 1.807) is 23.6 Å². The molecule has 3 heterocycles. The second-order valence-corrected chi connectivity index (χ2v) is 6.53. The number of amides is 2. The van der Waals surface area contributed by atoms with Crippen molar-refractivity contribution >= 4 is 17.5 Å². The van der Waals surface area contributed by atoms with Crippen molar-refractivity contribution in [3.05, 3.63) is 66.4 Å². The second kappa shape index (κ2) is 7.03. The fourth-order valence-corrected chi connectivity index (χ4v) is 3.30. The molecule has 1 aliphatic heterocycles. The molecule has 0 bridgehead atoms. The van der Waals surface area contributed by atoms with Gasteiger partial charge in [-0.3, -0.25) is 14.6 Å². The van der Waals surface area contributed by atoms with Gasteiger partial charge in [-0.2, -0.15) is 0 Å². The van der Waals surface area contributed by atoms with Crippen LogP contribution in [0.25, 0.3) is 11.3 Å². The molecule has 2 N–H and O–H groups in total. The summed E-state index contributed by atoms with van der Waals surface area (Å²) in [6, 6.07) is 11.3. The number of pyridine rings is 1. The van der Waals surface area contributed by atoms with E-state index in [2.05, 4.69) is 20.3 Å². The van der Waals surface area contributed by atoms with Gasteiger partial charge in [-0.25, -0.2) is 4.98 Å². The minimum absolute atomic E-state index is 0.0498. The maximum atomic E-state index is 12.9. The quantitative estimate of drug-likeness (QED) is 0.750. The standard InChI is InChI=1S/C20H19N5O2/c1-13(26)25-10-15-3-2-8-22-19(15)17(11-25)20(27)24-16-6-4-14(5-7-16)18-9-21-12-23-18/h2-9,12,17H,10-11H2,1H3,(H,21,23)(H,24,27). The number of aromatic nitrogens is 3. The smallest absolute Gasteiger partial charge is 0.235 e. The number of carbonyl (C=O) groups is 2. The van der Waals surface area contributed by atoms with Crippen LogP contribution in [0, 0.1) is 0 Å². The Morgan fingerprint density at radius 3 is 2.74 bits per heavy atom. The molecule has 0 radical (unpaired) electrons. The number of H-pyrrole nitrogens is 1. The highest BCUT2D eigenvalue weighted by atomic mass is 16.2. The third-order valence-corrected chi connectivity index (χ3v) is 4.74. The molecular weight excluding hydrogens is 342 g/mol. The van der Waals surface area contributed by atoms with Crippen molar-refractivity contribution in [1.29, 1.82) is 0 Å². The lowest BCUT2D eigenvalue weighted by Crippen LogP contribution is -2.41. The van der Waals surface area contributed by atoms with E-state index < -0.39 is 5.92 Å². The Hall–Kier alpha value is -3.48. The van der Waals surface area contributed by atoms with Gasteiger partial charge in [-0.15, -0.1) is 0 Å². The number of anilines is 1. The van der Waals surface area contributed by atoms with E-state index in [-0.39, 0.29) is 11.8 Å². The fraction of sp³-hybridized carbons (Fsp3) is 0.200. The molecule has 4 rings (SSSR count). The van der Waals surface area contributed by atoms with E-state index in [1.807, 2.05) is 36.4 Å². The third kappa shape index (κ3) is 3.44. The third-order valence-electron chi connectivity index (χ3n) is 4.74. The van der Waals surface area contributed by atoms with E-state index in [1.165, 1.54) is 6.92 Å². The molecule has 2 aromatic heterocycles. The normalized spacial score (nSPS) is 15.9. The van der Waals surface area contributed by atoms with Gasteiger partial charge in [0, 0.05) is 31.9 Å². The molecule has 1 aromatic carbocycles. The van der Waals surface area contributed by atoms with Crippen molar-refractivity contribution in [2.75, 3.05) is 11.9 Å². The monoisotopic (exact) mass is 361 g/mol. The van der Waals surface area contributed by atoms with Crippen LogP contribution in [0.4, 0.5) is 5.69 Å². The van der Waals surface area contributed by atoms with Gasteiger partial charge in [0.2, 0.25) is 11.8 Å². The Morgan fingerprint density at radius 1 is 1.22 bits per heavy atom. The Kier molecular flexibility index (Phi) is 4.42. The Morgan fingerprint density at radius 2 is 2.04 bits per heavy atom. The van der Waals surface area contributed by atoms with E-state index in [0.717, 1.165) is 22.5 Å². The van der Waals surface area contributed by atoms with Crippen LogP contribution in [0.3, 0.4) is 0 Å². The summed E-state index contributed by atoms with van der Waals surface area (Å²) in [7, 11) is 0. The van der Waals surface area contributed by atoms with Crippen LogP contribution in [-0.2, 0) is 16.1 Å². The fourth-order valence-electron chi connectivity index (χ4n) is 3.30. The average molecular weight is 361 g/mol. The van der Waals surface area contributed by atoms with Gasteiger partial charge in [0.25, 0.3) is 0 Å². The zero-order valence-corrected chi connectivity index (χ0v) is 14.8. The first-order chi connectivity index (χ1) is 13.1. The lowest BCUT2D eigenvalue weighted by molar-refractivity contribution is -0.131. The van der Waals surface area contributed by atoms with Crippen LogP contribution >= 0.6 is 0 Å². The van der Waals surface area contributed by atoms with Gasteiger partial charge in [-0.1, -0.05) is 18.2 Å². The van der Waals surface area contributed by atoms with Crippen LogP contribution in [0.1, 0.15) is 24.1 Å². The molecule has 0 aliphatic carbocycles. The van der Waals surface area contributed by atoms with Crippen molar-refractivity contribution in [1.82, 2.24) is 19.9 Å². The summed E-state index contributed by atoms with van der Waals surface area (Å²) in [5, 5.41) is 2.94. The van der Waals surface area contributed by atoms with Gasteiger partial charge in [-0.05, 0) is 29.3 Å². The summed E-state index contributed by atoms with van der Waals surface area (Å²) in [4.78, 5) is 37.9. The van der Waals surface area contributed by atoms with E-state index >= 15 is 0 Å². The van der Waals surface area contributed by atoms with Crippen molar-refractivity contribution in [3.63, 3.8) is 0 Å². The molecule has 1 aliphatic rings. The minimum atomic E-state index is -0.494. The second-order valence-electron chi connectivity index (χ2n) is 6.53. The zero-order chi connectivity index (χ0) is 18.8. The highest BCUT2D eigenvalue weighted by Crippen LogP contribution is 2.28. The molecule has 136 valence electrons. The van der Waals surface area contributed by atoms with Gasteiger partial charge < -0.3 is 15.2 Å². The number of imidazole rings is 1. The zero-order valence-electron chi connectivity index (χ0n) is 14.8. The first kappa shape index (κ1) is 17.0. The number of nitrogens with one attached hydrogen (secondary N) is 2. The largest absolute Gasteiger partial charge is 0.345 e. The summed E-state index contributed by atoms with van der Waals surface area (Å²) in [5.74, 6) is -0.715. The van der Waals surface area contributed by atoms with Crippen LogP contribution < -0.4 is 5.32 Å². The lowest BCUT2D eigenvalue weighted by atomic mass is 9.93. The van der Waals surface area contributed by atoms with E-state index in [4.69, 9.17) is 0 Å². The summed E-state index contributed by atoms with van der Waals surface area (Å²) in [5.41, 5.74) is 4.24. The Labute approximate surface area is 156 Å². The topological polar surface area (TPSA) is 91.0 Å². The number of nitrogens with zero attached hydrogens (tertiary/aromatic N) is 3. The van der Waals surface area contributed by atoms with E-state index in [9.17, 15) is 9.59 Å². The highest BCUT2D eigenvalue weighted by molar-refractivity contribution is 5.96. The molecule has 2 amide bonds. The minimum Gasteiger partial charge on any atom is -0.345 e. The number of hydrogen-bond acceptors (Lipinski definition) is 4. The summed E-state index contributed by atoms with van der Waals surface area (Å²) in [6.07, 6.45) is 5.05. The summed E-state index contributed by atoms with van der Waals surface area (Å²) >= 11 is 0. The van der Waals surface area contributed by atoms with Crippen LogP contribution in [0.15, 0.2) is 55.1 Å². The van der Waals surface area contributed by atoms with Crippen molar-refractivity contribution in [3.8, 4) is 11.3 Å². The lowest BCUT2D eigenvalue weighted by Gasteiger charge is -2.32. The summed E-state index contributed by atoms with van der Waals surface area (Å²) in [6.45, 7) is 2.34. The van der Waals surface area contributed by atoms with Crippen LogP contribution in [-0.4, -0.2) is 38.2 Å². The number of carbonyl (C=O) groups excluding carboxylic acids is 2. The van der Waals surface area contributed by atoms with Gasteiger partial charge in [0.05, 0.1) is 29.8 Å². The maximum Gasteiger partial charge on any atom is 0.235 e. The molecule has 3 aromatic rings. The molecule has 0 spiro atoms. The number of rotatable bonds is 3. The molecule has 0 saturated heterocycles. The van der Waals surface area contributed by atoms with Crippen molar-refractivity contribution < 1.29 is 9.59 Å². The van der Waals surface area contributed by atoms with Crippen LogP contribution in [0.2, 0.25) is 0 Å². The van der Waals surface area contributed by atoms with Gasteiger partial charge in [0.15, 0.2) is 0 Å². The maximum absolute atomic E-state index is 12.9. The number of fused-ring (bicyclic) bond motifs is 1. The van der Waals surface area contributed by atoms with Gasteiger partial charge >= 0.3 is 0 Å². The first-order valence-electron chi connectivity index (χ1n) is 8.71. The molecular formula is C20H19N5O2. The SMILES string of the molecule is CC(=O)N1Cc2cccnc2C(C(=O)Nc2ccc(-c3cnc[nH]3)cc2)C1. The molecule has 7 nitrogen and oxygen atoms in total. The molecule has 0 saturated carbocycles. The highest BCUT2D eigenvalue weighted by Gasteiger charge is 2.32. The number of benzene rings is 1. The average Bonchev–Trinajstić information content (AvgIpc) is 3.22. The number of aromatic amines is 1. The Balaban J connectivity index is 1.54. The van der Waals surface area contributed by atoms with Crippen molar-refractivity contribution in [2.24, 2.45) is 0 Å². The predicted octanol–water partition coefficient (Wildman–Crippen LogP) is 2.56. The molecule has 27 heavy (non-hydrogen) atoms. The number of hydrogen-bond donors (Lipinski definition) is 2. The van der Waals surface area contributed by atoms with Gasteiger partial charge in [0.1, 0.15) is 0 Å².